The number of nitrogens with one attached hydrogen (secondary N) is 3. The third kappa shape index (κ3) is 5.37. The van der Waals surface area contributed by atoms with Gasteiger partial charge in [0, 0.05) is 24.1 Å². The number of H-pyrrole nitrogens is 1. The molecule has 0 saturated heterocycles. The number of carbonyl (C=O) groups excluding carboxylic acids is 3. The van der Waals surface area contributed by atoms with Gasteiger partial charge in [0.1, 0.15) is 17.1 Å². The van der Waals surface area contributed by atoms with Gasteiger partial charge in [-0.3, -0.25) is 24.8 Å². The number of benzene rings is 2. The number of amides is 1. The van der Waals surface area contributed by atoms with Gasteiger partial charge in [0.2, 0.25) is 11.6 Å². The molecule has 1 aliphatic rings. The van der Waals surface area contributed by atoms with Crippen LogP contribution in [-0.2, 0) is 0 Å². The number of hydrogen-bond acceptors (Lipinski definition) is 8. The van der Waals surface area contributed by atoms with Gasteiger partial charge in [0.15, 0.2) is 0 Å². The van der Waals surface area contributed by atoms with Crippen molar-refractivity contribution >= 4 is 34.9 Å². The first-order valence-corrected chi connectivity index (χ1v) is 11.0. The summed E-state index contributed by atoms with van der Waals surface area (Å²) in [6, 6.07) is 17.6. The van der Waals surface area contributed by atoms with Crippen molar-refractivity contribution in [3.05, 3.63) is 88.6 Å². The minimum Gasteiger partial charge on any atom is -0.451 e. The van der Waals surface area contributed by atoms with Crippen molar-refractivity contribution in [1.82, 2.24) is 15.5 Å². The van der Waals surface area contributed by atoms with Crippen LogP contribution in [0.4, 0.5) is 5.69 Å². The summed E-state index contributed by atoms with van der Waals surface area (Å²) in [6.45, 7) is 0.303. The molecule has 0 radical (unpaired) electrons. The van der Waals surface area contributed by atoms with E-state index in [2.05, 4.69) is 20.8 Å². The molecule has 0 spiro atoms. The molecule has 1 heterocycles. The van der Waals surface area contributed by atoms with Gasteiger partial charge in [-0.05, 0) is 24.3 Å². The first-order chi connectivity index (χ1) is 16.0. The summed E-state index contributed by atoms with van der Waals surface area (Å²) in [5, 5.41) is 21.8. The number of allylic oxidation sites excluding steroid dienone is 2. The molecule has 33 heavy (non-hydrogen) atoms. The molecule has 168 valence electrons. The number of carbonyl (C=O) groups is 3. The predicted octanol–water partition coefficient (Wildman–Crippen LogP) is 2.60. The molecule has 0 bridgehead atoms. The van der Waals surface area contributed by atoms with E-state index >= 15 is 0 Å². The zero-order valence-electron chi connectivity index (χ0n) is 17.3. The van der Waals surface area contributed by atoms with Crippen molar-refractivity contribution in [1.29, 1.82) is 0 Å². The number of ether oxygens (including phenoxy) is 1. The molecule has 1 amide bonds. The molecule has 10 heteroatoms. The second-order valence-corrected chi connectivity index (χ2v) is 8.07. The highest BCUT2D eigenvalue weighted by atomic mass is 32.2. The average Bonchev–Trinajstić information content (AvgIpc) is 3.27. The van der Waals surface area contributed by atoms with E-state index in [1.54, 1.807) is 48.5 Å². The topological polar surface area (TPSA) is 133 Å². The van der Waals surface area contributed by atoms with Crippen molar-refractivity contribution in [2.24, 2.45) is 0 Å². The molecular weight excluding hydrogens is 444 g/mol. The zero-order valence-corrected chi connectivity index (χ0v) is 18.1. The minimum absolute atomic E-state index is 0.0427. The summed E-state index contributed by atoms with van der Waals surface area (Å²) < 4.78 is 5.31. The molecule has 2 aromatic carbocycles. The van der Waals surface area contributed by atoms with E-state index in [0.29, 0.717) is 23.7 Å². The standard InChI is InChI=1S/C23H20N4O5S/c28-16-13-17(33-12-11-24-23(31)32-15-9-5-2-6-10-15)21(29)18-19(16)26-27-20(18)22(30)25-14-7-3-1-4-8-14/h1-10,13,23-24,31H,11-12H2,(H,25,30)(H,26,27). The maximum atomic E-state index is 13.0. The molecule has 3 aromatic rings. The Morgan fingerprint density at radius 2 is 1.79 bits per heavy atom. The van der Waals surface area contributed by atoms with E-state index in [-0.39, 0.29) is 21.9 Å². The van der Waals surface area contributed by atoms with Crippen LogP contribution < -0.4 is 15.4 Å². The summed E-state index contributed by atoms with van der Waals surface area (Å²) in [5.74, 6) is -0.594. The Kier molecular flexibility index (Phi) is 6.98. The molecule has 9 nitrogen and oxygen atoms in total. The number of aliphatic hydroxyl groups excluding tert-OH is 1. The van der Waals surface area contributed by atoms with Gasteiger partial charge in [-0.2, -0.15) is 5.10 Å². The normalized spacial score (nSPS) is 13.8. The summed E-state index contributed by atoms with van der Waals surface area (Å²) >= 11 is 1.14. The molecule has 4 rings (SSSR count). The lowest BCUT2D eigenvalue weighted by Crippen LogP contribution is -2.35. The number of fused-ring (bicyclic) bond motifs is 1. The van der Waals surface area contributed by atoms with Crippen LogP contribution in [0, 0.1) is 0 Å². The lowest BCUT2D eigenvalue weighted by Gasteiger charge is -2.15. The van der Waals surface area contributed by atoms with Gasteiger partial charge in [0.25, 0.3) is 12.3 Å². The van der Waals surface area contributed by atoms with Gasteiger partial charge in [-0.15, -0.1) is 11.8 Å². The molecule has 4 N–H and O–H groups in total. The van der Waals surface area contributed by atoms with Gasteiger partial charge in [-0.1, -0.05) is 36.4 Å². The number of rotatable bonds is 9. The predicted molar refractivity (Wildman–Crippen MR) is 123 cm³/mol. The van der Waals surface area contributed by atoms with E-state index in [4.69, 9.17) is 4.74 Å². The van der Waals surface area contributed by atoms with Crippen LogP contribution >= 0.6 is 11.8 Å². The van der Waals surface area contributed by atoms with E-state index in [0.717, 1.165) is 11.8 Å². The molecule has 0 saturated carbocycles. The van der Waals surface area contributed by atoms with Crippen molar-refractivity contribution in [2.75, 3.05) is 17.6 Å². The number of para-hydroxylation sites is 2. The Morgan fingerprint density at radius 3 is 2.52 bits per heavy atom. The number of nitrogens with zero attached hydrogens (tertiary/aromatic N) is 1. The Labute approximate surface area is 193 Å². The largest absolute Gasteiger partial charge is 0.451 e. The van der Waals surface area contributed by atoms with E-state index < -0.39 is 23.9 Å². The van der Waals surface area contributed by atoms with Gasteiger partial charge in [0.05, 0.1) is 10.5 Å². The van der Waals surface area contributed by atoms with Crippen molar-refractivity contribution in [3.63, 3.8) is 0 Å². The smallest absolute Gasteiger partial charge is 0.274 e. The molecule has 1 unspecified atom stereocenters. The molecule has 1 atom stereocenters. The van der Waals surface area contributed by atoms with Crippen LogP contribution in [0.15, 0.2) is 71.6 Å². The Balaban J connectivity index is 1.35. The van der Waals surface area contributed by atoms with Gasteiger partial charge < -0.3 is 15.2 Å². The maximum absolute atomic E-state index is 13.0. The number of thioether (sulfide) groups is 1. The van der Waals surface area contributed by atoms with Crippen molar-refractivity contribution in [3.8, 4) is 5.75 Å². The fourth-order valence-corrected chi connectivity index (χ4v) is 3.98. The van der Waals surface area contributed by atoms with Crippen molar-refractivity contribution < 1.29 is 24.2 Å². The fourth-order valence-electron chi connectivity index (χ4n) is 3.12. The Morgan fingerprint density at radius 1 is 1.09 bits per heavy atom. The Bertz CT molecular complexity index is 1190. The maximum Gasteiger partial charge on any atom is 0.274 e. The van der Waals surface area contributed by atoms with Crippen LogP contribution in [0.25, 0.3) is 0 Å². The van der Waals surface area contributed by atoms with Gasteiger partial charge >= 0.3 is 0 Å². The first-order valence-electron chi connectivity index (χ1n) is 10.0. The number of anilines is 1. The fraction of sp³-hybridized carbons (Fsp3) is 0.130. The van der Waals surface area contributed by atoms with E-state index in [1.165, 1.54) is 6.08 Å². The highest BCUT2D eigenvalue weighted by Crippen LogP contribution is 2.29. The minimum atomic E-state index is -1.22. The van der Waals surface area contributed by atoms with E-state index in [1.807, 2.05) is 12.1 Å². The molecule has 0 aliphatic heterocycles. The number of hydrogen-bond donors (Lipinski definition) is 4. The average molecular weight is 465 g/mol. The summed E-state index contributed by atoms with van der Waals surface area (Å²) in [5.41, 5.74) is 0.363. The van der Waals surface area contributed by atoms with Gasteiger partial charge in [-0.25, -0.2) is 0 Å². The second-order valence-electron chi connectivity index (χ2n) is 6.93. The highest BCUT2D eigenvalue weighted by Gasteiger charge is 2.33. The number of aromatic nitrogens is 2. The number of aliphatic hydroxyl groups is 1. The summed E-state index contributed by atoms with van der Waals surface area (Å²) in [6.07, 6.45) is -0.00851. The highest BCUT2D eigenvalue weighted by molar-refractivity contribution is 8.04. The molecular formula is C23H20N4O5S. The van der Waals surface area contributed by atoms with Crippen LogP contribution in [0.3, 0.4) is 0 Å². The number of Topliss-reactive ketones (excluding diaryl/α,β-unsaturated/α-hetero) is 1. The number of aromatic amines is 1. The van der Waals surface area contributed by atoms with Crippen LogP contribution in [-0.4, -0.2) is 51.5 Å². The third-order valence-electron chi connectivity index (χ3n) is 4.64. The number of ketones is 2. The zero-order chi connectivity index (χ0) is 23.2. The summed E-state index contributed by atoms with van der Waals surface area (Å²) in [4.78, 5) is 38.3. The van der Waals surface area contributed by atoms with Crippen LogP contribution in [0.5, 0.6) is 5.75 Å². The lowest BCUT2D eigenvalue weighted by molar-refractivity contribution is -0.0421. The molecule has 0 fully saturated rings. The first kappa shape index (κ1) is 22.5. The second kappa shape index (κ2) is 10.3. The van der Waals surface area contributed by atoms with Crippen LogP contribution in [0.1, 0.15) is 31.3 Å². The summed E-state index contributed by atoms with van der Waals surface area (Å²) in [7, 11) is 0. The monoisotopic (exact) mass is 464 g/mol. The molecule has 1 aliphatic carbocycles. The lowest BCUT2D eigenvalue weighted by atomic mass is 9.99. The third-order valence-corrected chi connectivity index (χ3v) is 5.66. The van der Waals surface area contributed by atoms with Crippen molar-refractivity contribution in [2.45, 2.75) is 6.41 Å². The van der Waals surface area contributed by atoms with Crippen LogP contribution in [0.2, 0.25) is 0 Å². The molecule has 1 aromatic heterocycles. The SMILES string of the molecule is O=C1C=C(SCCNC(O)Oc2ccccc2)C(=O)c2c1n[nH]c2C(=O)Nc1ccccc1. The van der Waals surface area contributed by atoms with E-state index in [9.17, 15) is 19.5 Å². The Hall–Kier alpha value is -3.73. The quantitative estimate of drug-likeness (QED) is 0.281.